The number of aromatic nitrogens is 2. The van der Waals surface area contributed by atoms with Crippen LogP contribution in [0.5, 0.6) is 0 Å². The summed E-state index contributed by atoms with van der Waals surface area (Å²) in [6, 6.07) is 9.87. The van der Waals surface area contributed by atoms with Crippen molar-refractivity contribution in [1.82, 2.24) is 9.78 Å². The van der Waals surface area contributed by atoms with Gasteiger partial charge in [0.2, 0.25) is 0 Å². The Morgan fingerprint density at radius 3 is 2.67 bits per heavy atom. The summed E-state index contributed by atoms with van der Waals surface area (Å²) >= 11 is 6.77. The highest BCUT2D eigenvalue weighted by Gasteiger charge is 2.05. The lowest BCUT2D eigenvalue weighted by Crippen LogP contribution is -2.00. The molecule has 0 spiro atoms. The van der Waals surface area contributed by atoms with E-state index >= 15 is 0 Å². The summed E-state index contributed by atoms with van der Waals surface area (Å²) < 4.78 is 3.51. The van der Waals surface area contributed by atoms with Crippen LogP contribution in [0.4, 0.5) is 0 Å². The molecule has 0 amide bonds. The largest absolute Gasteiger partial charge is 0.326 e. The van der Waals surface area contributed by atoms with Crippen molar-refractivity contribution in [3.05, 3.63) is 45.1 Å². The summed E-state index contributed by atoms with van der Waals surface area (Å²) in [5, 5.41) is 4.30. The van der Waals surface area contributed by atoms with Gasteiger partial charge in [0, 0.05) is 12.6 Å². The van der Waals surface area contributed by atoms with Gasteiger partial charge < -0.3 is 5.73 Å². The van der Waals surface area contributed by atoms with Crippen LogP contribution in [-0.2, 0) is 6.54 Å². The molecule has 0 saturated carbocycles. The van der Waals surface area contributed by atoms with Crippen molar-refractivity contribution in [2.75, 3.05) is 0 Å². The van der Waals surface area contributed by atoms with Gasteiger partial charge >= 0.3 is 0 Å². The Morgan fingerprint density at radius 2 is 2.07 bits per heavy atom. The molecular formula is C10H9Br2N3. The van der Waals surface area contributed by atoms with Gasteiger partial charge in [0.05, 0.1) is 5.69 Å². The second-order valence-electron chi connectivity index (χ2n) is 3.08. The van der Waals surface area contributed by atoms with E-state index in [-0.39, 0.29) is 0 Å². The zero-order valence-corrected chi connectivity index (χ0v) is 11.0. The van der Waals surface area contributed by atoms with Crippen LogP contribution in [0.2, 0.25) is 0 Å². The molecule has 0 aliphatic carbocycles. The normalized spacial score (nSPS) is 10.6. The fourth-order valence-electron chi connectivity index (χ4n) is 1.33. The lowest BCUT2D eigenvalue weighted by molar-refractivity contribution is 0.848. The minimum Gasteiger partial charge on any atom is -0.326 e. The Labute approximate surface area is 105 Å². The summed E-state index contributed by atoms with van der Waals surface area (Å²) in [5.41, 5.74) is 7.67. The molecule has 0 saturated heterocycles. The van der Waals surface area contributed by atoms with Crippen molar-refractivity contribution in [2.24, 2.45) is 5.73 Å². The van der Waals surface area contributed by atoms with Crippen LogP contribution in [0, 0.1) is 0 Å². The van der Waals surface area contributed by atoms with Gasteiger partial charge in [-0.05, 0) is 49.6 Å². The first-order chi connectivity index (χ1) is 7.20. The Balaban J connectivity index is 2.49. The van der Waals surface area contributed by atoms with Crippen LogP contribution in [-0.4, -0.2) is 9.78 Å². The number of benzene rings is 1. The SMILES string of the molecule is NCc1cccc(-n2nc(Br)cc2Br)c1. The fraction of sp³-hybridized carbons (Fsp3) is 0.100. The molecule has 2 rings (SSSR count). The smallest absolute Gasteiger partial charge is 0.129 e. The van der Waals surface area contributed by atoms with Gasteiger partial charge in [0.25, 0.3) is 0 Å². The third kappa shape index (κ3) is 2.30. The second-order valence-corrected chi connectivity index (χ2v) is 4.70. The molecular weight excluding hydrogens is 322 g/mol. The molecule has 1 aromatic carbocycles. The van der Waals surface area contributed by atoms with Gasteiger partial charge in [0.15, 0.2) is 0 Å². The van der Waals surface area contributed by atoms with Crippen LogP contribution in [0.3, 0.4) is 0 Å². The minimum atomic E-state index is 0.536. The zero-order chi connectivity index (χ0) is 10.8. The molecule has 0 unspecified atom stereocenters. The molecule has 15 heavy (non-hydrogen) atoms. The van der Waals surface area contributed by atoms with E-state index in [0.29, 0.717) is 6.54 Å². The maximum absolute atomic E-state index is 5.59. The van der Waals surface area contributed by atoms with E-state index < -0.39 is 0 Å². The van der Waals surface area contributed by atoms with Crippen LogP contribution >= 0.6 is 31.9 Å². The van der Waals surface area contributed by atoms with E-state index in [1.807, 2.05) is 35.0 Å². The topological polar surface area (TPSA) is 43.8 Å². The van der Waals surface area contributed by atoms with Crippen molar-refractivity contribution >= 4 is 31.9 Å². The van der Waals surface area contributed by atoms with Gasteiger partial charge in [-0.1, -0.05) is 12.1 Å². The first-order valence-corrected chi connectivity index (χ1v) is 6.00. The third-order valence-electron chi connectivity index (χ3n) is 2.03. The van der Waals surface area contributed by atoms with Crippen LogP contribution in [0.15, 0.2) is 39.5 Å². The summed E-state index contributed by atoms with van der Waals surface area (Å²) in [6.07, 6.45) is 0. The molecule has 0 atom stereocenters. The van der Waals surface area contributed by atoms with Crippen molar-refractivity contribution in [1.29, 1.82) is 0 Å². The molecule has 0 fully saturated rings. The molecule has 0 radical (unpaired) electrons. The first-order valence-electron chi connectivity index (χ1n) is 4.41. The van der Waals surface area contributed by atoms with Gasteiger partial charge in [0.1, 0.15) is 9.21 Å². The molecule has 3 nitrogen and oxygen atoms in total. The van der Waals surface area contributed by atoms with E-state index in [1.54, 1.807) is 0 Å². The molecule has 0 aliphatic rings. The quantitative estimate of drug-likeness (QED) is 0.920. The average Bonchev–Trinajstić information content (AvgIpc) is 2.58. The van der Waals surface area contributed by atoms with Crippen molar-refractivity contribution in [3.63, 3.8) is 0 Å². The van der Waals surface area contributed by atoms with Crippen LogP contribution < -0.4 is 5.73 Å². The number of hydrogen-bond donors (Lipinski definition) is 1. The second kappa shape index (κ2) is 4.47. The molecule has 78 valence electrons. The zero-order valence-electron chi connectivity index (χ0n) is 7.82. The monoisotopic (exact) mass is 329 g/mol. The fourth-order valence-corrected chi connectivity index (χ4v) is 2.51. The maximum atomic E-state index is 5.59. The third-order valence-corrected chi connectivity index (χ3v) is 2.98. The molecule has 5 heteroatoms. The molecule has 0 aliphatic heterocycles. The first kappa shape index (κ1) is 10.9. The highest BCUT2D eigenvalue weighted by Crippen LogP contribution is 2.21. The number of rotatable bonds is 2. The lowest BCUT2D eigenvalue weighted by Gasteiger charge is -2.04. The standard InChI is InChI=1S/C10H9Br2N3/c11-9-5-10(12)15(14-9)8-3-1-2-7(4-8)6-13/h1-5H,6,13H2. The minimum absolute atomic E-state index is 0.536. The van der Waals surface area contributed by atoms with Gasteiger partial charge in [-0.2, -0.15) is 5.10 Å². The highest BCUT2D eigenvalue weighted by atomic mass is 79.9. The predicted molar refractivity (Wildman–Crippen MR) is 66.9 cm³/mol. The molecule has 2 N–H and O–H groups in total. The number of nitrogens with two attached hydrogens (primary N) is 1. The Hall–Kier alpha value is -0.650. The van der Waals surface area contributed by atoms with E-state index in [1.165, 1.54) is 0 Å². The van der Waals surface area contributed by atoms with Crippen LogP contribution in [0.1, 0.15) is 5.56 Å². The van der Waals surface area contributed by atoms with Gasteiger partial charge in [-0.25, -0.2) is 4.68 Å². The summed E-state index contributed by atoms with van der Waals surface area (Å²) in [5.74, 6) is 0. The van der Waals surface area contributed by atoms with E-state index in [2.05, 4.69) is 37.0 Å². The van der Waals surface area contributed by atoms with E-state index in [0.717, 1.165) is 20.5 Å². The highest BCUT2D eigenvalue weighted by molar-refractivity contribution is 9.11. The number of nitrogens with zero attached hydrogens (tertiary/aromatic N) is 2. The maximum Gasteiger partial charge on any atom is 0.129 e. The lowest BCUT2D eigenvalue weighted by atomic mass is 10.2. The van der Waals surface area contributed by atoms with Crippen molar-refractivity contribution in [3.8, 4) is 5.69 Å². The molecule has 1 heterocycles. The Kier molecular flexibility index (Phi) is 3.23. The van der Waals surface area contributed by atoms with Gasteiger partial charge in [-0.15, -0.1) is 0 Å². The van der Waals surface area contributed by atoms with E-state index in [9.17, 15) is 0 Å². The van der Waals surface area contributed by atoms with Crippen LogP contribution in [0.25, 0.3) is 5.69 Å². The summed E-state index contributed by atoms with van der Waals surface area (Å²) in [4.78, 5) is 0. The van der Waals surface area contributed by atoms with Gasteiger partial charge in [-0.3, -0.25) is 0 Å². The Morgan fingerprint density at radius 1 is 1.27 bits per heavy atom. The van der Waals surface area contributed by atoms with Crippen molar-refractivity contribution < 1.29 is 0 Å². The summed E-state index contributed by atoms with van der Waals surface area (Å²) in [7, 11) is 0. The summed E-state index contributed by atoms with van der Waals surface area (Å²) in [6.45, 7) is 0.536. The van der Waals surface area contributed by atoms with Crippen molar-refractivity contribution in [2.45, 2.75) is 6.54 Å². The number of hydrogen-bond acceptors (Lipinski definition) is 2. The predicted octanol–water partition coefficient (Wildman–Crippen LogP) is 2.86. The molecule has 2 aromatic rings. The average molecular weight is 331 g/mol. The molecule has 0 bridgehead atoms. The molecule has 1 aromatic heterocycles. The Bertz CT molecular complexity index is 479. The number of halogens is 2. The van der Waals surface area contributed by atoms with E-state index in [4.69, 9.17) is 5.73 Å².